The van der Waals surface area contributed by atoms with Gasteiger partial charge >= 0.3 is 0 Å². The van der Waals surface area contributed by atoms with E-state index in [4.69, 9.17) is 4.99 Å². The van der Waals surface area contributed by atoms with Crippen molar-refractivity contribution in [3.8, 4) is 28.4 Å². The Morgan fingerprint density at radius 2 is 1.27 bits per heavy atom. The number of hydrogen-bond acceptors (Lipinski definition) is 6. The van der Waals surface area contributed by atoms with E-state index in [1.165, 1.54) is 9.13 Å². The van der Waals surface area contributed by atoms with Crippen molar-refractivity contribution in [2.24, 2.45) is 16.8 Å². The van der Waals surface area contributed by atoms with E-state index in [1.54, 1.807) is 48.5 Å². The molecule has 1 aliphatic carbocycles. The van der Waals surface area contributed by atoms with Gasteiger partial charge in [-0.3, -0.25) is 19.4 Å². The molecule has 2 atom stereocenters. The molecule has 10 heteroatoms. The lowest BCUT2D eigenvalue weighted by molar-refractivity contribution is 0.443. The van der Waals surface area contributed by atoms with Crippen molar-refractivity contribution in [3.63, 3.8) is 0 Å². The van der Waals surface area contributed by atoms with Gasteiger partial charge in [0, 0.05) is 44.1 Å². The smallest absolute Gasteiger partial charge is 0.268 e. The Bertz CT molecular complexity index is 2390. The lowest BCUT2D eigenvalue weighted by Gasteiger charge is -2.23. The molecular formula is C42H46Br2N4O4. The van der Waals surface area contributed by atoms with Gasteiger partial charge in [-0.2, -0.15) is 0 Å². The molecule has 0 amide bonds. The number of nitrogens with zero attached hydrogens (tertiary/aromatic N) is 3. The number of aromatic hydroxyl groups is 1. The van der Waals surface area contributed by atoms with Crippen LogP contribution in [0, 0.1) is 11.8 Å². The SMILES string of the molecule is CCCCC(CC)CN=c1cc2c(=O)n(-c3ccc(Br)cc3)c(=O)c3c(NCC(CC)CCCC)cc4c(O)n(-c5ccc(Br)cc5)c(=O)c1c4c3-2. The first-order chi connectivity index (χ1) is 25.1. The number of halogens is 2. The van der Waals surface area contributed by atoms with Crippen molar-refractivity contribution >= 4 is 59.1 Å². The lowest BCUT2D eigenvalue weighted by atomic mass is 9.89. The van der Waals surface area contributed by atoms with Crippen molar-refractivity contribution in [1.29, 1.82) is 0 Å². The molecule has 6 rings (SSSR count). The molecule has 2 unspecified atom stereocenters. The summed E-state index contributed by atoms with van der Waals surface area (Å²) in [6.07, 6.45) is 8.26. The van der Waals surface area contributed by atoms with Crippen LogP contribution in [0.25, 0.3) is 44.0 Å². The molecule has 2 heterocycles. The van der Waals surface area contributed by atoms with Crippen LogP contribution in [0.3, 0.4) is 0 Å². The van der Waals surface area contributed by atoms with E-state index >= 15 is 0 Å². The van der Waals surface area contributed by atoms with Gasteiger partial charge in [-0.15, -0.1) is 0 Å². The molecule has 52 heavy (non-hydrogen) atoms. The molecule has 0 spiro atoms. The van der Waals surface area contributed by atoms with Crippen molar-refractivity contribution in [2.45, 2.75) is 79.1 Å². The third-order valence-corrected chi connectivity index (χ3v) is 11.5. The third-order valence-electron chi connectivity index (χ3n) is 10.5. The summed E-state index contributed by atoms with van der Waals surface area (Å²) in [6, 6.07) is 17.7. The van der Waals surface area contributed by atoms with E-state index in [2.05, 4.69) is 64.9 Å². The van der Waals surface area contributed by atoms with E-state index in [0.717, 1.165) is 60.3 Å². The van der Waals surface area contributed by atoms with Crippen LogP contribution in [-0.4, -0.2) is 27.3 Å². The minimum Gasteiger partial charge on any atom is -0.494 e. The van der Waals surface area contributed by atoms with Crippen molar-refractivity contribution < 1.29 is 5.11 Å². The average Bonchev–Trinajstić information content (AvgIpc) is 3.14. The van der Waals surface area contributed by atoms with Gasteiger partial charge in [-0.25, -0.2) is 9.13 Å². The highest BCUT2D eigenvalue weighted by Gasteiger charge is 2.30. The van der Waals surface area contributed by atoms with Crippen LogP contribution in [0.1, 0.15) is 79.1 Å². The minimum atomic E-state index is -0.499. The summed E-state index contributed by atoms with van der Waals surface area (Å²) in [5.74, 6) is 0.397. The summed E-state index contributed by atoms with van der Waals surface area (Å²) in [4.78, 5) is 49.1. The Morgan fingerprint density at radius 1 is 0.712 bits per heavy atom. The maximum Gasteiger partial charge on any atom is 0.268 e. The largest absolute Gasteiger partial charge is 0.494 e. The first-order valence-electron chi connectivity index (χ1n) is 18.5. The fraction of sp³-hybridized carbons (Fsp3) is 0.381. The maximum atomic E-state index is 14.7. The highest BCUT2D eigenvalue weighted by atomic mass is 79.9. The fourth-order valence-corrected chi connectivity index (χ4v) is 7.85. The van der Waals surface area contributed by atoms with Crippen LogP contribution in [0.15, 0.2) is 89.0 Å². The first kappa shape index (κ1) is 37.7. The molecule has 0 saturated heterocycles. The van der Waals surface area contributed by atoms with Gasteiger partial charge < -0.3 is 10.4 Å². The molecule has 3 aromatic carbocycles. The van der Waals surface area contributed by atoms with E-state index < -0.39 is 16.7 Å². The molecule has 272 valence electrons. The zero-order valence-corrected chi connectivity index (χ0v) is 33.4. The number of unbranched alkanes of at least 4 members (excludes halogenated alkanes) is 2. The fourth-order valence-electron chi connectivity index (χ4n) is 7.32. The number of pyridine rings is 2. The molecular weight excluding hydrogens is 784 g/mol. The highest BCUT2D eigenvalue weighted by Crippen LogP contribution is 2.41. The second-order valence-electron chi connectivity index (χ2n) is 13.8. The van der Waals surface area contributed by atoms with Crippen LogP contribution in [0.2, 0.25) is 0 Å². The predicted octanol–water partition coefficient (Wildman–Crippen LogP) is 9.61. The van der Waals surface area contributed by atoms with Gasteiger partial charge in [0.1, 0.15) is 0 Å². The number of anilines is 1. The zero-order valence-electron chi connectivity index (χ0n) is 30.3. The van der Waals surface area contributed by atoms with Gasteiger partial charge in [-0.1, -0.05) is 98.1 Å². The average molecular weight is 831 g/mol. The molecule has 0 bridgehead atoms. The number of benzene rings is 4. The second kappa shape index (κ2) is 16.3. The van der Waals surface area contributed by atoms with Crippen LogP contribution in [-0.2, 0) is 0 Å². The molecule has 8 nitrogen and oxygen atoms in total. The lowest BCUT2D eigenvalue weighted by Crippen LogP contribution is -2.36. The van der Waals surface area contributed by atoms with Crippen molar-refractivity contribution in [3.05, 3.63) is 106 Å². The predicted molar refractivity (Wildman–Crippen MR) is 221 cm³/mol. The van der Waals surface area contributed by atoms with Crippen molar-refractivity contribution in [2.75, 3.05) is 18.4 Å². The maximum absolute atomic E-state index is 14.7. The number of hydrogen-bond donors (Lipinski definition) is 2. The molecule has 2 aliphatic rings. The molecule has 1 aromatic heterocycles. The Labute approximate surface area is 320 Å². The Kier molecular flexibility index (Phi) is 11.9. The van der Waals surface area contributed by atoms with Gasteiger partial charge in [0.05, 0.1) is 33.1 Å². The van der Waals surface area contributed by atoms with E-state index in [9.17, 15) is 19.5 Å². The Balaban J connectivity index is 1.77. The normalized spacial score (nSPS) is 13.5. The van der Waals surface area contributed by atoms with Gasteiger partial charge in [0.25, 0.3) is 16.7 Å². The quantitative estimate of drug-likeness (QED) is 0.100. The standard InChI is InChI=1S/C42H46Br2N4O4/c1-5-9-11-25(7-3)23-45-33-21-31-36-35-32(40(50)47(41(51)37(33)35)29-17-13-27(43)14-18-29)22-34(46-24-26(8-4)12-10-6-2)38(36)42(52)48(39(31)49)30-19-15-28(44)16-20-30/h13-22,25-26,45,49H,5-12,23-24H2,1-4H3. The number of rotatable bonds is 15. The second-order valence-corrected chi connectivity index (χ2v) is 15.7. The molecule has 0 radical (unpaired) electrons. The minimum absolute atomic E-state index is 0.264. The molecule has 0 fully saturated rings. The number of nitrogens with one attached hydrogen (secondary N) is 1. The highest BCUT2D eigenvalue weighted by molar-refractivity contribution is 9.10. The first-order valence-corrected chi connectivity index (χ1v) is 20.1. The zero-order chi connectivity index (χ0) is 37.1. The summed E-state index contributed by atoms with van der Waals surface area (Å²) >= 11 is 6.95. The van der Waals surface area contributed by atoms with E-state index in [1.807, 2.05) is 12.1 Å². The molecule has 1 aliphatic heterocycles. The summed E-state index contributed by atoms with van der Waals surface area (Å²) in [5, 5.41) is 17.4. The van der Waals surface area contributed by atoms with Crippen LogP contribution in [0.5, 0.6) is 5.88 Å². The molecule has 2 N–H and O–H groups in total. The monoisotopic (exact) mass is 828 g/mol. The van der Waals surface area contributed by atoms with Crippen molar-refractivity contribution in [1.82, 2.24) is 9.13 Å². The third kappa shape index (κ3) is 7.16. The van der Waals surface area contributed by atoms with Gasteiger partial charge in [-0.05, 0) is 85.3 Å². The summed E-state index contributed by atoms with van der Waals surface area (Å²) in [5.41, 5.74) is 0.624. The van der Waals surface area contributed by atoms with Crippen LogP contribution in [0.4, 0.5) is 5.69 Å². The summed E-state index contributed by atoms with van der Waals surface area (Å²) in [7, 11) is 0. The summed E-state index contributed by atoms with van der Waals surface area (Å²) < 4.78 is 4.18. The Morgan fingerprint density at radius 3 is 1.85 bits per heavy atom. The number of aromatic nitrogens is 2. The van der Waals surface area contributed by atoms with E-state index in [-0.39, 0.29) is 16.8 Å². The Hall–Kier alpha value is -4.02. The molecule has 0 saturated carbocycles. The molecule has 4 aromatic rings. The van der Waals surface area contributed by atoms with E-state index in [0.29, 0.717) is 69.1 Å². The van der Waals surface area contributed by atoms with Crippen LogP contribution < -0.4 is 27.4 Å². The summed E-state index contributed by atoms with van der Waals surface area (Å²) in [6.45, 7) is 9.74. The topological polar surface area (TPSA) is 106 Å². The van der Waals surface area contributed by atoms with Crippen LogP contribution >= 0.6 is 31.9 Å². The van der Waals surface area contributed by atoms with Gasteiger partial charge in [0.15, 0.2) is 0 Å². The van der Waals surface area contributed by atoms with Gasteiger partial charge in [0.2, 0.25) is 5.88 Å².